The molecule has 0 bridgehead atoms. The maximum atomic E-state index is 12.0. The number of hydrogen-bond donors (Lipinski definition) is 3. The highest BCUT2D eigenvalue weighted by molar-refractivity contribution is 5.75. The average Bonchev–Trinajstić information content (AvgIpc) is 2.39. The van der Waals surface area contributed by atoms with E-state index in [1.807, 2.05) is 0 Å². The van der Waals surface area contributed by atoms with E-state index in [0.717, 1.165) is 0 Å². The van der Waals surface area contributed by atoms with Crippen LogP contribution in [0.15, 0.2) is 0 Å². The van der Waals surface area contributed by atoms with Crippen molar-refractivity contribution in [1.82, 2.24) is 10.2 Å². The molecule has 2 fully saturated rings. The minimum absolute atomic E-state index is 0.183. The molecule has 98 valence electrons. The Hall–Kier alpha value is -0.810. The molecule has 0 aromatic rings. The molecule has 2 amide bonds. The second-order valence-electron chi connectivity index (χ2n) is 5.76. The summed E-state index contributed by atoms with van der Waals surface area (Å²) in [7, 11) is 0. The zero-order valence-corrected chi connectivity index (χ0v) is 10.5. The number of aliphatic hydroxyl groups is 2. The number of nitrogens with one attached hydrogen (secondary N) is 1. The number of likely N-dealkylation sites (tertiary alicyclic amines) is 1. The van der Waals surface area contributed by atoms with Gasteiger partial charge in [-0.1, -0.05) is 6.42 Å². The molecule has 2 aliphatic rings. The van der Waals surface area contributed by atoms with Gasteiger partial charge < -0.3 is 20.4 Å². The average molecular weight is 242 g/mol. The van der Waals surface area contributed by atoms with Crippen LogP contribution in [0.25, 0.3) is 0 Å². The Balaban J connectivity index is 1.90. The van der Waals surface area contributed by atoms with E-state index in [-0.39, 0.29) is 12.6 Å². The van der Waals surface area contributed by atoms with Gasteiger partial charge >= 0.3 is 6.03 Å². The molecule has 0 unspecified atom stereocenters. The van der Waals surface area contributed by atoms with Crippen molar-refractivity contribution in [2.45, 2.75) is 50.9 Å². The summed E-state index contributed by atoms with van der Waals surface area (Å²) in [5.74, 6) is 0.611. The Labute approximate surface area is 102 Å². The Morgan fingerprint density at radius 1 is 1.41 bits per heavy atom. The van der Waals surface area contributed by atoms with Crippen LogP contribution in [0.1, 0.15) is 33.1 Å². The monoisotopic (exact) mass is 242 g/mol. The van der Waals surface area contributed by atoms with Gasteiger partial charge in [0.15, 0.2) is 0 Å². The van der Waals surface area contributed by atoms with Crippen LogP contribution in [0.2, 0.25) is 0 Å². The molecule has 1 heterocycles. The quantitative estimate of drug-likeness (QED) is 0.652. The molecule has 1 aliphatic carbocycles. The largest absolute Gasteiger partial charge is 0.388 e. The summed E-state index contributed by atoms with van der Waals surface area (Å²) >= 11 is 0. The van der Waals surface area contributed by atoms with Crippen LogP contribution in [0.5, 0.6) is 0 Å². The molecule has 5 nitrogen and oxygen atoms in total. The first-order chi connectivity index (χ1) is 7.93. The Bertz CT molecular complexity index is 302. The van der Waals surface area contributed by atoms with Crippen molar-refractivity contribution in [2.75, 3.05) is 13.1 Å². The van der Waals surface area contributed by atoms with Crippen LogP contribution < -0.4 is 5.32 Å². The summed E-state index contributed by atoms with van der Waals surface area (Å²) in [5, 5.41) is 22.3. The van der Waals surface area contributed by atoms with Crippen molar-refractivity contribution < 1.29 is 15.0 Å². The first-order valence-electron chi connectivity index (χ1n) is 6.34. The molecule has 0 spiro atoms. The van der Waals surface area contributed by atoms with Gasteiger partial charge in [0.1, 0.15) is 6.10 Å². The topological polar surface area (TPSA) is 72.8 Å². The Kier molecular flexibility index (Phi) is 3.32. The standard InChI is InChI=1S/C12H22N2O3/c1-12(2)10(16)9(15)7-14(12)11(17)13-6-8-4-3-5-8/h8-10,15-16H,3-7H2,1-2H3,(H,13,17)/t9-,10-/m0/s1. The zero-order chi connectivity index (χ0) is 12.6. The van der Waals surface area contributed by atoms with E-state index in [0.29, 0.717) is 12.5 Å². The summed E-state index contributed by atoms with van der Waals surface area (Å²) in [6, 6.07) is -0.183. The summed E-state index contributed by atoms with van der Waals surface area (Å²) < 4.78 is 0. The van der Waals surface area contributed by atoms with E-state index >= 15 is 0 Å². The van der Waals surface area contributed by atoms with Crippen molar-refractivity contribution in [3.63, 3.8) is 0 Å². The highest BCUT2D eigenvalue weighted by Gasteiger charge is 2.48. The number of amides is 2. The molecule has 5 heteroatoms. The van der Waals surface area contributed by atoms with Crippen LogP contribution in [0.3, 0.4) is 0 Å². The predicted molar refractivity (Wildman–Crippen MR) is 63.5 cm³/mol. The minimum Gasteiger partial charge on any atom is -0.388 e. The number of hydrogen-bond acceptors (Lipinski definition) is 3. The minimum atomic E-state index is -0.878. The highest BCUT2D eigenvalue weighted by atomic mass is 16.3. The molecule has 0 aromatic carbocycles. The van der Waals surface area contributed by atoms with Crippen LogP contribution in [-0.2, 0) is 0 Å². The highest BCUT2D eigenvalue weighted by Crippen LogP contribution is 2.29. The van der Waals surface area contributed by atoms with Crippen LogP contribution in [0.4, 0.5) is 4.79 Å². The van der Waals surface area contributed by atoms with Gasteiger partial charge in [-0.05, 0) is 32.6 Å². The predicted octanol–water partition coefficient (Wildman–Crippen LogP) is 0.312. The van der Waals surface area contributed by atoms with Gasteiger partial charge in [-0.15, -0.1) is 0 Å². The van der Waals surface area contributed by atoms with Crippen molar-refractivity contribution in [3.8, 4) is 0 Å². The molecule has 1 saturated heterocycles. The molecule has 0 aromatic heterocycles. The van der Waals surface area contributed by atoms with Crippen molar-refractivity contribution >= 4 is 6.03 Å². The Morgan fingerprint density at radius 2 is 2.06 bits per heavy atom. The van der Waals surface area contributed by atoms with E-state index in [2.05, 4.69) is 5.32 Å². The molecule has 17 heavy (non-hydrogen) atoms. The molecule has 2 atom stereocenters. The van der Waals surface area contributed by atoms with Gasteiger partial charge in [-0.3, -0.25) is 0 Å². The van der Waals surface area contributed by atoms with Gasteiger partial charge in [0.05, 0.1) is 18.2 Å². The van der Waals surface area contributed by atoms with E-state index in [9.17, 15) is 15.0 Å². The fraction of sp³-hybridized carbons (Fsp3) is 0.917. The number of carbonyl (C=O) groups excluding carboxylic acids is 1. The first kappa shape index (κ1) is 12.6. The van der Waals surface area contributed by atoms with Crippen LogP contribution >= 0.6 is 0 Å². The third-order valence-electron chi connectivity index (χ3n) is 4.17. The summed E-state index contributed by atoms with van der Waals surface area (Å²) in [5.41, 5.74) is -0.705. The SMILES string of the molecule is CC1(C)[C@@H](O)[C@@H](O)CN1C(=O)NCC1CCC1. The summed E-state index contributed by atoms with van der Waals surface area (Å²) in [4.78, 5) is 13.5. The molecule has 1 aliphatic heterocycles. The van der Waals surface area contributed by atoms with Gasteiger partial charge in [0.2, 0.25) is 0 Å². The van der Waals surface area contributed by atoms with Crippen molar-refractivity contribution in [1.29, 1.82) is 0 Å². The summed E-state index contributed by atoms with van der Waals surface area (Å²) in [6.45, 7) is 4.45. The normalized spacial score (nSPS) is 32.4. The summed E-state index contributed by atoms with van der Waals surface area (Å²) in [6.07, 6.45) is 1.91. The van der Waals surface area contributed by atoms with Gasteiger partial charge in [-0.25, -0.2) is 4.79 Å². The number of β-amino-alcohol motifs (C(OH)–C–C–N with tert-alkyl or cyclic N) is 1. The fourth-order valence-electron chi connectivity index (χ4n) is 2.52. The maximum absolute atomic E-state index is 12.0. The lowest BCUT2D eigenvalue weighted by atomic mass is 9.85. The van der Waals surface area contributed by atoms with Gasteiger partial charge in [-0.2, -0.15) is 0 Å². The molecular weight excluding hydrogens is 220 g/mol. The van der Waals surface area contributed by atoms with E-state index < -0.39 is 17.7 Å². The van der Waals surface area contributed by atoms with Gasteiger partial charge in [0.25, 0.3) is 0 Å². The molecular formula is C12H22N2O3. The third kappa shape index (κ3) is 2.26. The van der Waals surface area contributed by atoms with E-state index in [1.54, 1.807) is 13.8 Å². The fourth-order valence-corrected chi connectivity index (χ4v) is 2.52. The third-order valence-corrected chi connectivity index (χ3v) is 4.17. The molecule has 2 rings (SSSR count). The Morgan fingerprint density at radius 3 is 2.47 bits per heavy atom. The van der Waals surface area contributed by atoms with Crippen LogP contribution in [-0.4, -0.2) is 52.0 Å². The molecule has 0 radical (unpaired) electrons. The number of carbonyl (C=O) groups is 1. The lowest BCUT2D eigenvalue weighted by Crippen LogP contribution is -2.52. The molecule has 1 saturated carbocycles. The number of aliphatic hydroxyl groups excluding tert-OH is 2. The number of urea groups is 1. The zero-order valence-electron chi connectivity index (χ0n) is 10.5. The second kappa shape index (κ2) is 4.46. The maximum Gasteiger partial charge on any atom is 0.318 e. The van der Waals surface area contributed by atoms with Gasteiger partial charge in [0, 0.05) is 6.54 Å². The van der Waals surface area contributed by atoms with E-state index in [1.165, 1.54) is 24.2 Å². The number of nitrogens with zero attached hydrogens (tertiary/aromatic N) is 1. The van der Waals surface area contributed by atoms with Crippen molar-refractivity contribution in [3.05, 3.63) is 0 Å². The lowest BCUT2D eigenvalue weighted by molar-refractivity contribution is 0.0120. The smallest absolute Gasteiger partial charge is 0.318 e. The lowest BCUT2D eigenvalue weighted by Gasteiger charge is -2.34. The van der Waals surface area contributed by atoms with E-state index in [4.69, 9.17) is 0 Å². The van der Waals surface area contributed by atoms with Crippen molar-refractivity contribution in [2.24, 2.45) is 5.92 Å². The van der Waals surface area contributed by atoms with Crippen LogP contribution in [0, 0.1) is 5.92 Å². The second-order valence-corrected chi connectivity index (χ2v) is 5.76. The number of rotatable bonds is 2. The first-order valence-corrected chi connectivity index (χ1v) is 6.34. The molecule has 3 N–H and O–H groups in total.